The van der Waals surface area contributed by atoms with Crippen LogP contribution in [0.4, 0.5) is 11.4 Å². The molecule has 0 aliphatic rings. The predicted molar refractivity (Wildman–Crippen MR) is 93.1 cm³/mol. The van der Waals surface area contributed by atoms with Crippen LogP contribution in [-0.2, 0) is 6.54 Å². The number of rotatable bonds is 5. The Labute approximate surface area is 142 Å². The summed E-state index contributed by atoms with van der Waals surface area (Å²) in [6.45, 7) is 0.609. The molecular weight excluding hydrogens is 332 g/mol. The van der Waals surface area contributed by atoms with E-state index in [0.717, 1.165) is 10.6 Å². The number of hydrogen-bond acceptors (Lipinski definition) is 5. The minimum Gasteiger partial charge on any atom is -0.380 e. The summed E-state index contributed by atoms with van der Waals surface area (Å²) in [5.74, 6) is -0.178. The molecule has 23 heavy (non-hydrogen) atoms. The molecule has 5 nitrogen and oxygen atoms in total. The number of carbonyl (C=O) groups excluding carboxylic acids is 1. The predicted octanol–water partition coefficient (Wildman–Crippen LogP) is 4.06. The highest BCUT2D eigenvalue weighted by molar-refractivity contribution is 7.15. The van der Waals surface area contributed by atoms with E-state index in [1.54, 1.807) is 42.9 Å². The molecule has 0 radical (unpaired) electrons. The monoisotopic (exact) mass is 344 g/mol. The van der Waals surface area contributed by atoms with Gasteiger partial charge in [0.2, 0.25) is 0 Å². The summed E-state index contributed by atoms with van der Waals surface area (Å²) in [6.07, 6.45) is 5.00. The van der Waals surface area contributed by atoms with Crippen LogP contribution in [0.5, 0.6) is 0 Å². The SMILES string of the molecule is O=C(Nc1cccnc1)c1cccc(NCc2cnc(Cl)s2)c1. The Morgan fingerprint density at radius 2 is 2.04 bits per heavy atom. The molecule has 0 bridgehead atoms. The Balaban J connectivity index is 1.65. The van der Waals surface area contributed by atoms with E-state index in [-0.39, 0.29) is 5.91 Å². The van der Waals surface area contributed by atoms with E-state index >= 15 is 0 Å². The smallest absolute Gasteiger partial charge is 0.255 e. The van der Waals surface area contributed by atoms with E-state index in [9.17, 15) is 4.79 Å². The molecule has 7 heteroatoms. The van der Waals surface area contributed by atoms with Crippen molar-refractivity contribution in [1.82, 2.24) is 9.97 Å². The topological polar surface area (TPSA) is 66.9 Å². The molecule has 2 aromatic heterocycles. The van der Waals surface area contributed by atoms with Gasteiger partial charge in [-0.2, -0.15) is 0 Å². The Kier molecular flexibility index (Phi) is 4.85. The second kappa shape index (κ2) is 7.21. The Hall–Kier alpha value is -2.44. The molecule has 1 amide bonds. The van der Waals surface area contributed by atoms with Gasteiger partial charge >= 0.3 is 0 Å². The number of thiazole rings is 1. The van der Waals surface area contributed by atoms with E-state index in [4.69, 9.17) is 11.6 Å². The molecule has 0 saturated carbocycles. The van der Waals surface area contributed by atoms with Crippen LogP contribution in [0, 0.1) is 0 Å². The zero-order valence-corrected chi connectivity index (χ0v) is 13.6. The standard InChI is InChI=1S/C16H13ClN4OS/c17-16-20-10-14(23-16)9-19-12-4-1-3-11(7-12)15(22)21-13-5-2-6-18-8-13/h1-8,10,19H,9H2,(H,21,22). The lowest BCUT2D eigenvalue weighted by Gasteiger charge is -2.08. The van der Waals surface area contributed by atoms with Gasteiger partial charge in [-0.1, -0.05) is 17.7 Å². The van der Waals surface area contributed by atoms with E-state index in [0.29, 0.717) is 22.3 Å². The molecular formula is C16H13ClN4OS. The minimum atomic E-state index is -0.178. The maximum Gasteiger partial charge on any atom is 0.255 e. The fourth-order valence-electron chi connectivity index (χ4n) is 1.96. The van der Waals surface area contributed by atoms with Crippen molar-refractivity contribution < 1.29 is 4.79 Å². The van der Waals surface area contributed by atoms with Crippen molar-refractivity contribution in [2.24, 2.45) is 0 Å². The summed E-state index contributed by atoms with van der Waals surface area (Å²) in [6, 6.07) is 10.9. The number of nitrogens with zero attached hydrogens (tertiary/aromatic N) is 2. The first-order chi connectivity index (χ1) is 11.2. The van der Waals surface area contributed by atoms with Crippen LogP contribution in [0.3, 0.4) is 0 Å². The maximum absolute atomic E-state index is 12.3. The van der Waals surface area contributed by atoms with Gasteiger partial charge in [-0.25, -0.2) is 4.98 Å². The quantitative estimate of drug-likeness (QED) is 0.732. The maximum atomic E-state index is 12.3. The average Bonchev–Trinajstić information content (AvgIpc) is 3.00. The second-order valence-corrected chi connectivity index (χ2v) is 6.41. The molecule has 0 spiro atoms. The first kappa shape index (κ1) is 15.5. The fourth-order valence-corrected chi connectivity index (χ4v) is 2.88. The number of benzene rings is 1. The van der Waals surface area contributed by atoms with Crippen molar-refractivity contribution in [3.63, 3.8) is 0 Å². The Bertz CT molecular complexity index is 807. The number of nitrogens with one attached hydrogen (secondary N) is 2. The van der Waals surface area contributed by atoms with E-state index in [1.807, 2.05) is 12.1 Å². The van der Waals surface area contributed by atoms with Crippen molar-refractivity contribution in [2.45, 2.75) is 6.54 Å². The van der Waals surface area contributed by atoms with Gasteiger partial charge in [0.1, 0.15) is 0 Å². The van der Waals surface area contributed by atoms with Crippen molar-refractivity contribution in [1.29, 1.82) is 0 Å². The van der Waals surface area contributed by atoms with Gasteiger partial charge in [0.05, 0.1) is 18.4 Å². The van der Waals surface area contributed by atoms with Gasteiger partial charge < -0.3 is 10.6 Å². The molecule has 0 fully saturated rings. The normalized spacial score (nSPS) is 10.3. The van der Waals surface area contributed by atoms with Crippen LogP contribution in [0.1, 0.15) is 15.2 Å². The van der Waals surface area contributed by atoms with Crippen LogP contribution in [0.2, 0.25) is 4.47 Å². The number of anilines is 2. The molecule has 0 unspecified atom stereocenters. The summed E-state index contributed by atoms with van der Waals surface area (Å²) in [7, 11) is 0. The second-order valence-electron chi connectivity index (χ2n) is 4.71. The molecule has 2 heterocycles. The Morgan fingerprint density at radius 3 is 2.78 bits per heavy atom. The molecule has 0 aliphatic heterocycles. The largest absolute Gasteiger partial charge is 0.380 e. The lowest BCUT2D eigenvalue weighted by molar-refractivity contribution is 0.102. The van der Waals surface area contributed by atoms with Gasteiger partial charge in [-0.3, -0.25) is 9.78 Å². The summed E-state index contributed by atoms with van der Waals surface area (Å²) in [5.41, 5.74) is 2.09. The highest BCUT2D eigenvalue weighted by atomic mass is 35.5. The Morgan fingerprint density at radius 1 is 1.17 bits per heavy atom. The van der Waals surface area contributed by atoms with Gasteiger partial charge in [0.25, 0.3) is 5.91 Å². The number of hydrogen-bond donors (Lipinski definition) is 2. The highest BCUT2D eigenvalue weighted by Crippen LogP contribution is 2.19. The van der Waals surface area contributed by atoms with E-state index in [1.165, 1.54) is 11.3 Å². The highest BCUT2D eigenvalue weighted by Gasteiger charge is 2.07. The van der Waals surface area contributed by atoms with Crippen molar-refractivity contribution in [3.05, 3.63) is 69.9 Å². The van der Waals surface area contributed by atoms with E-state index < -0.39 is 0 Å². The molecule has 0 aliphatic carbocycles. The van der Waals surface area contributed by atoms with Gasteiger partial charge in [-0.05, 0) is 30.3 Å². The van der Waals surface area contributed by atoms with Crippen LogP contribution in [0.15, 0.2) is 55.0 Å². The molecule has 0 saturated heterocycles. The summed E-state index contributed by atoms with van der Waals surface area (Å²) in [4.78, 5) is 21.2. The van der Waals surface area contributed by atoms with Crippen molar-refractivity contribution in [2.75, 3.05) is 10.6 Å². The van der Waals surface area contributed by atoms with Crippen LogP contribution in [0.25, 0.3) is 0 Å². The number of carbonyl (C=O) groups is 1. The third-order valence-corrected chi connectivity index (χ3v) is 4.15. The van der Waals surface area contributed by atoms with E-state index in [2.05, 4.69) is 20.6 Å². The van der Waals surface area contributed by atoms with Crippen molar-refractivity contribution in [3.8, 4) is 0 Å². The first-order valence-corrected chi connectivity index (χ1v) is 8.06. The molecule has 1 aromatic carbocycles. The summed E-state index contributed by atoms with van der Waals surface area (Å²) < 4.78 is 0.520. The van der Waals surface area contributed by atoms with Crippen LogP contribution >= 0.6 is 22.9 Å². The summed E-state index contributed by atoms with van der Waals surface area (Å²) >= 11 is 7.23. The molecule has 0 atom stereocenters. The van der Waals surface area contributed by atoms with Crippen LogP contribution in [-0.4, -0.2) is 15.9 Å². The lowest BCUT2D eigenvalue weighted by Crippen LogP contribution is -2.12. The van der Waals surface area contributed by atoms with Crippen LogP contribution < -0.4 is 10.6 Å². The molecule has 3 aromatic rings. The number of amides is 1. The third-order valence-electron chi connectivity index (χ3n) is 3.04. The van der Waals surface area contributed by atoms with Crippen molar-refractivity contribution >= 4 is 40.2 Å². The average molecular weight is 345 g/mol. The fraction of sp³-hybridized carbons (Fsp3) is 0.0625. The van der Waals surface area contributed by atoms with Gasteiger partial charge in [0.15, 0.2) is 4.47 Å². The first-order valence-electron chi connectivity index (χ1n) is 6.86. The van der Waals surface area contributed by atoms with Gasteiger partial charge in [-0.15, -0.1) is 11.3 Å². The number of halogens is 1. The lowest BCUT2D eigenvalue weighted by atomic mass is 10.2. The molecule has 2 N–H and O–H groups in total. The zero-order chi connectivity index (χ0) is 16.1. The number of aromatic nitrogens is 2. The zero-order valence-electron chi connectivity index (χ0n) is 12.0. The third kappa shape index (κ3) is 4.28. The molecule has 116 valence electrons. The minimum absolute atomic E-state index is 0.178. The van der Waals surface area contributed by atoms with Gasteiger partial charge in [0, 0.05) is 28.5 Å². The summed E-state index contributed by atoms with van der Waals surface area (Å²) in [5, 5.41) is 6.06. The molecule has 3 rings (SSSR count). The number of pyridine rings is 1.